The number of urea groups is 1. The lowest BCUT2D eigenvalue weighted by Crippen LogP contribution is -2.39. The van der Waals surface area contributed by atoms with Gasteiger partial charge in [0.05, 0.1) is 12.2 Å². The lowest BCUT2D eigenvalue weighted by atomic mass is 10.2. The summed E-state index contributed by atoms with van der Waals surface area (Å²) in [6.07, 6.45) is 4.84. The number of aryl methyl sites for hydroxylation is 1. The second kappa shape index (κ2) is 7.28. The molecule has 2 amide bonds. The lowest BCUT2D eigenvalue weighted by Gasteiger charge is -2.13. The van der Waals surface area contributed by atoms with Gasteiger partial charge in [-0.15, -0.1) is 0 Å². The van der Waals surface area contributed by atoms with Crippen molar-refractivity contribution in [2.75, 3.05) is 18.4 Å². The summed E-state index contributed by atoms with van der Waals surface area (Å²) in [6.45, 7) is 4.79. The van der Waals surface area contributed by atoms with Crippen LogP contribution in [0.1, 0.15) is 24.5 Å². The van der Waals surface area contributed by atoms with Crippen molar-refractivity contribution in [1.82, 2.24) is 20.6 Å². The first-order valence-electron chi connectivity index (χ1n) is 6.76. The molecular weight excluding hydrogens is 270 g/mol. The predicted octanol–water partition coefficient (Wildman–Crippen LogP) is 1.85. The molecule has 2 heterocycles. The van der Waals surface area contributed by atoms with Crippen LogP contribution >= 0.6 is 0 Å². The van der Waals surface area contributed by atoms with E-state index in [0.717, 1.165) is 11.5 Å². The van der Waals surface area contributed by atoms with Crippen molar-refractivity contribution >= 4 is 11.8 Å². The Morgan fingerprint density at radius 1 is 1.33 bits per heavy atom. The van der Waals surface area contributed by atoms with Gasteiger partial charge < -0.3 is 20.4 Å². The monoisotopic (exact) mass is 289 g/mol. The number of hydrogen-bond acceptors (Lipinski definition) is 5. The van der Waals surface area contributed by atoms with E-state index in [1.165, 1.54) is 0 Å². The van der Waals surface area contributed by atoms with Gasteiger partial charge in [-0.05, 0) is 26.0 Å². The molecule has 0 aliphatic rings. The molecule has 0 aromatic carbocycles. The fraction of sp³-hybridized carbons (Fsp3) is 0.357. The molecule has 2 aromatic heterocycles. The summed E-state index contributed by atoms with van der Waals surface area (Å²) in [7, 11) is 0. The Kier molecular flexibility index (Phi) is 5.14. The molecule has 2 aromatic rings. The zero-order valence-electron chi connectivity index (χ0n) is 12.1. The smallest absolute Gasteiger partial charge is 0.315 e. The highest BCUT2D eigenvalue weighted by atomic mass is 16.3. The molecule has 7 heteroatoms. The van der Waals surface area contributed by atoms with Crippen LogP contribution in [0.15, 0.2) is 35.1 Å². The number of rotatable bonds is 6. The number of nitrogens with one attached hydrogen (secondary N) is 3. The molecule has 21 heavy (non-hydrogen) atoms. The number of carbonyl (C=O) groups excluding carboxylic acids is 1. The van der Waals surface area contributed by atoms with E-state index >= 15 is 0 Å². The summed E-state index contributed by atoms with van der Waals surface area (Å²) < 4.78 is 5.46. The maximum atomic E-state index is 11.7. The zero-order valence-corrected chi connectivity index (χ0v) is 12.1. The summed E-state index contributed by atoms with van der Waals surface area (Å²) in [5.74, 6) is 2.24. The van der Waals surface area contributed by atoms with Crippen LogP contribution in [0.3, 0.4) is 0 Å². The van der Waals surface area contributed by atoms with Gasteiger partial charge in [0.15, 0.2) is 0 Å². The van der Waals surface area contributed by atoms with Crippen molar-refractivity contribution in [1.29, 1.82) is 0 Å². The number of hydrogen-bond donors (Lipinski definition) is 3. The Balaban J connectivity index is 1.65. The van der Waals surface area contributed by atoms with Crippen molar-refractivity contribution in [3.63, 3.8) is 0 Å². The molecule has 0 radical (unpaired) electrons. The molecule has 0 unspecified atom stereocenters. The highest BCUT2D eigenvalue weighted by molar-refractivity contribution is 5.74. The molecule has 0 saturated carbocycles. The van der Waals surface area contributed by atoms with E-state index in [0.29, 0.717) is 18.9 Å². The van der Waals surface area contributed by atoms with Crippen LogP contribution in [0.4, 0.5) is 10.6 Å². The average Bonchev–Trinajstić information content (AvgIpc) is 2.91. The van der Waals surface area contributed by atoms with Crippen LogP contribution in [-0.4, -0.2) is 29.1 Å². The molecule has 7 nitrogen and oxygen atoms in total. The number of aromatic nitrogens is 2. The van der Waals surface area contributed by atoms with Crippen molar-refractivity contribution in [2.24, 2.45) is 0 Å². The van der Waals surface area contributed by atoms with E-state index in [-0.39, 0.29) is 12.1 Å². The van der Waals surface area contributed by atoms with Gasteiger partial charge in [0.2, 0.25) is 0 Å². The third kappa shape index (κ3) is 4.79. The second-order valence-corrected chi connectivity index (χ2v) is 4.59. The summed E-state index contributed by atoms with van der Waals surface area (Å²) in [5.41, 5.74) is 0. The first kappa shape index (κ1) is 14.8. The quantitative estimate of drug-likeness (QED) is 0.706. The lowest BCUT2D eigenvalue weighted by molar-refractivity contribution is 0.236. The minimum absolute atomic E-state index is 0.174. The standard InChI is InChI=1S/C14H19N5O2/c1-10-3-4-12(21-10)11(2)19-14(20)18-8-7-17-13-9-15-5-6-16-13/h3-6,9,11H,7-8H2,1-2H3,(H,16,17)(H2,18,19,20)/t11-/m1/s1. The van der Waals surface area contributed by atoms with Crippen molar-refractivity contribution in [2.45, 2.75) is 19.9 Å². The number of nitrogens with zero attached hydrogens (tertiary/aromatic N) is 2. The van der Waals surface area contributed by atoms with Crippen molar-refractivity contribution in [3.8, 4) is 0 Å². The molecule has 3 N–H and O–H groups in total. The first-order chi connectivity index (χ1) is 10.1. The highest BCUT2D eigenvalue weighted by Crippen LogP contribution is 2.14. The molecule has 0 bridgehead atoms. The molecule has 0 spiro atoms. The maximum absolute atomic E-state index is 11.7. The normalized spacial score (nSPS) is 11.7. The van der Waals surface area contributed by atoms with Crippen LogP contribution in [0.2, 0.25) is 0 Å². The molecular formula is C14H19N5O2. The van der Waals surface area contributed by atoms with Gasteiger partial charge in [-0.3, -0.25) is 4.98 Å². The molecule has 1 atom stereocenters. The molecule has 0 aliphatic heterocycles. The summed E-state index contributed by atoms with van der Waals surface area (Å²) >= 11 is 0. The molecule has 0 aliphatic carbocycles. The Labute approximate surface area is 123 Å². The van der Waals surface area contributed by atoms with Crippen LogP contribution in [0.25, 0.3) is 0 Å². The number of anilines is 1. The van der Waals surface area contributed by atoms with E-state index in [9.17, 15) is 4.79 Å². The van der Waals surface area contributed by atoms with Gasteiger partial charge in [0.25, 0.3) is 0 Å². The predicted molar refractivity (Wildman–Crippen MR) is 78.9 cm³/mol. The third-order valence-corrected chi connectivity index (χ3v) is 2.82. The van der Waals surface area contributed by atoms with E-state index in [1.54, 1.807) is 18.6 Å². The van der Waals surface area contributed by atoms with Gasteiger partial charge in [-0.25, -0.2) is 9.78 Å². The van der Waals surface area contributed by atoms with E-state index in [2.05, 4.69) is 25.9 Å². The Bertz CT molecular complexity index is 570. The summed E-state index contributed by atoms with van der Waals surface area (Å²) in [5, 5.41) is 8.62. The molecule has 0 fully saturated rings. The largest absolute Gasteiger partial charge is 0.464 e. The molecule has 112 valence electrons. The minimum Gasteiger partial charge on any atom is -0.464 e. The first-order valence-corrected chi connectivity index (χ1v) is 6.76. The molecule has 2 rings (SSSR count). The fourth-order valence-electron chi connectivity index (χ4n) is 1.76. The minimum atomic E-state index is -0.238. The number of furan rings is 1. The maximum Gasteiger partial charge on any atom is 0.315 e. The topological polar surface area (TPSA) is 92.1 Å². The summed E-state index contributed by atoms with van der Waals surface area (Å²) in [6, 6.07) is 3.32. The van der Waals surface area contributed by atoms with E-state index in [4.69, 9.17) is 4.42 Å². The third-order valence-electron chi connectivity index (χ3n) is 2.82. The SMILES string of the molecule is Cc1ccc([C@@H](C)NC(=O)NCCNc2cnccn2)o1. The molecule has 0 saturated heterocycles. The van der Waals surface area contributed by atoms with Crippen LogP contribution in [0, 0.1) is 6.92 Å². The van der Waals surface area contributed by atoms with Crippen LogP contribution in [-0.2, 0) is 0 Å². The number of amides is 2. The van der Waals surface area contributed by atoms with Crippen LogP contribution in [0.5, 0.6) is 0 Å². The average molecular weight is 289 g/mol. The van der Waals surface area contributed by atoms with Gasteiger partial charge in [-0.2, -0.15) is 0 Å². The van der Waals surface area contributed by atoms with Gasteiger partial charge in [0.1, 0.15) is 17.3 Å². The summed E-state index contributed by atoms with van der Waals surface area (Å²) in [4.78, 5) is 19.7. The van der Waals surface area contributed by atoms with E-state index in [1.807, 2.05) is 26.0 Å². The van der Waals surface area contributed by atoms with Gasteiger partial charge in [-0.1, -0.05) is 0 Å². The second-order valence-electron chi connectivity index (χ2n) is 4.59. The van der Waals surface area contributed by atoms with Crippen LogP contribution < -0.4 is 16.0 Å². The van der Waals surface area contributed by atoms with Crippen molar-refractivity contribution < 1.29 is 9.21 Å². The van der Waals surface area contributed by atoms with E-state index < -0.39 is 0 Å². The zero-order chi connectivity index (χ0) is 15.1. The van der Waals surface area contributed by atoms with Gasteiger partial charge >= 0.3 is 6.03 Å². The fourth-order valence-corrected chi connectivity index (χ4v) is 1.76. The number of carbonyl (C=O) groups is 1. The van der Waals surface area contributed by atoms with Gasteiger partial charge in [0, 0.05) is 25.5 Å². The Morgan fingerprint density at radius 3 is 2.86 bits per heavy atom. The Morgan fingerprint density at radius 2 is 2.19 bits per heavy atom. The highest BCUT2D eigenvalue weighted by Gasteiger charge is 2.11. The van der Waals surface area contributed by atoms with Crippen molar-refractivity contribution in [3.05, 3.63) is 42.2 Å². The Hall–Kier alpha value is -2.57.